The van der Waals surface area contributed by atoms with Gasteiger partial charge in [0, 0.05) is 36.3 Å². The lowest BCUT2D eigenvalue weighted by atomic mass is 10.1. The number of nitrogens with one attached hydrogen (secondary N) is 1. The first-order valence-electron chi connectivity index (χ1n) is 5.05. The molecule has 16 heavy (non-hydrogen) atoms. The first-order chi connectivity index (χ1) is 7.67. The van der Waals surface area contributed by atoms with E-state index < -0.39 is 0 Å². The summed E-state index contributed by atoms with van der Waals surface area (Å²) in [5.41, 5.74) is 6.69. The molecule has 90 valence electrons. The molecule has 0 saturated heterocycles. The molecule has 1 aromatic carbocycles. The zero-order chi connectivity index (χ0) is 12.0. The minimum absolute atomic E-state index is 0.0475. The van der Waals surface area contributed by atoms with Gasteiger partial charge in [0.05, 0.1) is 6.61 Å². The van der Waals surface area contributed by atoms with Crippen LogP contribution in [0.2, 0.25) is 10.0 Å². The lowest BCUT2D eigenvalue weighted by molar-refractivity contribution is 0.196. The number of rotatable bonds is 6. The Hall–Kier alpha value is -0.320. The molecule has 0 bridgehead atoms. The second kappa shape index (κ2) is 7.09. The molecule has 1 atom stereocenters. The van der Waals surface area contributed by atoms with E-state index in [4.69, 9.17) is 33.7 Å². The highest BCUT2D eigenvalue weighted by molar-refractivity contribution is 6.34. The van der Waals surface area contributed by atoms with Crippen LogP contribution in [0.5, 0.6) is 0 Å². The van der Waals surface area contributed by atoms with E-state index in [1.54, 1.807) is 13.2 Å². The van der Waals surface area contributed by atoms with Gasteiger partial charge in [0.15, 0.2) is 0 Å². The van der Waals surface area contributed by atoms with E-state index in [1.807, 2.05) is 12.1 Å². The van der Waals surface area contributed by atoms with Crippen molar-refractivity contribution in [1.29, 1.82) is 0 Å². The number of benzene rings is 1. The second-order valence-corrected chi connectivity index (χ2v) is 4.31. The van der Waals surface area contributed by atoms with Crippen molar-refractivity contribution in [3.8, 4) is 0 Å². The van der Waals surface area contributed by atoms with Crippen molar-refractivity contribution in [2.24, 2.45) is 5.73 Å². The van der Waals surface area contributed by atoms with Gasteiger partial charge in [-0.25, -0.2) is 0 Å². The molecule has 0 aliphatic carbocycles. The van der Waals surface area contributed by atoms with Gasteiger partial charge in [0.2, 0.25) is 0 Å². The minimum Gasteiger partial charge on any atom is -0.383 e. The van der Waals surface area contributed by atoms with Gasteiger partial charge < -0.3 is 15.8 Å². The smallest absolute Gasteiger partial charge is 0.0587 e. The largest absolute Gasteiger partial charge is 0.383 e. The molecule has 0 heterocycles. The number of hydrogen-bond donors (Lipinski definition) is 2. The SMILES string of the molecule is COCCNC(CN)c1cc(Cl)cc(Cl)c1. The van der Waals surface area contributed by atoms with Gasteiger partial charge >= 0.3 is 0 Å². The summed E-state index contributed by atoms with van der Waals surface area (Å²) in [5.74, 6) is 0. The number of halogens is 2. The molecule has 1 rings (SSSR count). The third kappa shape index (κ3) is 4.28. The summed E-state index contributed by atoms with van der Waals surface area (Å²) >= 11 is 11.9. The summed E-state index contributed by atoms with van der Waals surface area (Å²) in [7, 11) is 1.66. The highest BCUT2D eigenvalue weighted by Gasteiger charge is 2.10. The highest BCUT2D eigenvalue weighted by Crippen LogP contribution is 2.23. The van der Waals surface area contributed by atoms with Gasteiger partial charge in [0.1, 0.15) is 0 Å². The third-order valence-electron chi connectivity index (χ3n) is 2.22. The fourth-order valence-corrected chi connectivity index (χ4v) is 1.99. The van der Waals surface area contributed by atoms with E-state index in [1.165, 1.54) is 0 Å². The lowest BCUT2D eigenvalue weighted by Crippen LogP contribution is -2.30. The van der Waals surface area contributed by atoms with Crippen molar-refractivity contribution < 1.29 is 4.74 Å². The summed E-state index contributed by atoms with van der Waals surface area (Å²) in [4.78, 5) is 0. The normalized spacial score (nSPS) is 12.8. The third-order valence-corrected chi connectivity index (χ3v) is 2.66. The van der Waals surface area contributed by atoms with Crippen molar-refractivity contribution in [1.82, 2.24) is 5.32 Å². The standard InChI is InChI=1S/C11H16Cl2N2O/c1-16-3-2-15-11(7-14)8-4-9(12)6-10(13)5-8/h4-6,11,15H,2-3,7,14H2,1H3. The average Bonchev–Trinajstić information content (AvgIpc) is 2.23. The van der Waals surface area contributed by atoms with Crippen LogP contribution in [0.4, 0.5) is 0 Å². The maximum Gasteiger partial charge on any atom is 0.0587 e. The zero-order valence-electron chi connectivity index (χ0n) is 9.17. The summed E-state index contributed by atoms with van der Waals surface area (Å²) < 4.78 is 4.96. The Morgan fingerprint density at radius 1 is 1.31 bits per heavy atom. The number of nitrogens with two attached hydrogens (primary N) is 1. The Labute approximate surface area is 106 Å². The summed E-state index contributed by atoms with van der Waals surface area (Å²) in [6, 6.07) is 5.48. The van der Waals surface area contributed by atoms with Crippen LogP contribution < -0.4 is 11.1 Å². The molecule has 3 N–H and O–H groups in total. The quantitative estimate of drug-likeness (QED) is 0.774. The van der Waals surface area contributed by atoms with Crippen LogP contribution in [0.15, 0.2) is 18.2 Å². The van der Waals surface area contributed by atoms with Gasteiger partial charge in [0.25, 0.3) is 0 Å². The number of hydrogen-bond acceptors (Lipinski definition) is 3. The monoisotopic (exact) mass is 262 g/mol. The molecule has 3 nitrogen and oxygen atoms in total. The first-order valence-corrected chi connectivity index (χ1v) is 5.81. The molecule has 5 heteroatoms. The molecule has 0 fully saturated rings. The molecular weight excluding hydrogens is 247 g/mol. The minimum atomic E-state index is 0.0475. The van der Waals surface area contributed by atoms with Gasteiger partial charge in [-0.1, -0.05) is 23.2 Å². The first kappa shape index (κ1) is 13.7. The predicted molar refractivity (Wildman–Crippen MR) is 68.1 cm³/mol. The Kier molecular flexibility index (Phi) is 6.09. The predicted octanol–water partition coefficient (Wildman–Crippen LogP) is 2.23. The Morgan fingerprint density at radius 2 is 1.94 bits per heavy atom. The van der Waals surface area contributed by atoms with Gasteiger partial charge in [-0.15, -0.1) is 0 Å². The van der Waals surface area contributed by atoms with Crippen LogP contribution >= 0.6 is 23.2 Å². The molecule has 0 amide bonds. The van der Waals surface area contributed by atoms with Crippen molar-refractivity contribution in [3.63, 3.8) is 0 Å². The maximum absolute atomic E-state index is 5.93. The Morgan fingerprint density at radius 3 is 2.44 bits per heavy atom. The number of methoxy groups -OCH3 is 1. The van der Waals surface area contributed by atoms with Crippen LogP contribution in [0.3, 0.4) is 0 Å². The van der Waals surface area contributed by atoms with Crippen molar-refractivity contribution in [2.45, 2.75) is 6.04 Å². The van der Waals surface area contributed by atoms with E-state index in [0.717, 1.165) is 12.1 Å². The molecule has 0 radical (unpaired) electrons. The lowest BCUT2D eigenvalue weighted by Gasteiger charge is -2.17. The van der Waals surface area contributed by atoms with E-state index >= 15 is 0 Å². The fraction of sp³-hybridized carbons (Fsp3) is 0.455. The van der Waals surface area contributed by atoms with Crippen LogP contribution in [0.1, 0.15) is 11.6 Å². The van der Waals surface area contributed by atoms with E-state index in [-0.39, 0.29) is 6.04 Å². The molecular formula is C11H16Cl2N2O. The van der Waals surface area contributed by atoms with Gasteiger partial charge in [-0.05, 0) is 23.8 Å². The van der Waals surface area contributed by atoms with Crippen molar-refractivity contribution in [2.75, 3.05) is 26.8 Å². The van der Waals surface area contributed by atoms with Crippen molar-refractivity contribution >= 4 is 23.2 Å². The Balaban J connectivity index is 2.70. The van der Waals surface area contributed by atoms with E-state index in [9.17, 15) is 0 Å². The van der Waals surface area contributed by atoms with E-state index in [2.05, 4.69) is 5.32 Å². The van der Waals surface area contributed by atoms with Crippen LogP contribution in [-0.2, 0) is 4.74 Å². The maximum atomic E-state index is 5.93. The van der Waals surface area contributed by atoms with Gasteiger partial charge in [-0.2, -0.15) is 0 Å². The number of ether oxygens (including phenoxy) is 1. The van der Waals surface area contributed by atoms with Crippen LogP contribution in [-0.4, -0.2) is 26.8 Å². The fourth-order valence-electron chi connectivity index (χ4n) is 1.45. The summed E-state index contributed by atoms with van der Waals surface area (Å²) in [6.07, 6.45) is 0. The second-order valence-electron chi connectivity index (χ2n) is 3.44. The van der Waals surface area contributed by atoms with Crippen LogP contribution in [0.25, 0.3) is 0 Å². The molecule has 1 aromatic rings. The molecule has 0 aliphatic heterocycles. The Bertz CT molecular complexity index is 314. The molecule has 0 aliphatic rings. The molecule has 0 spiro atoms. The van der Waals surface area contributed by atoms with E-state index in [0.29, 0.717) is 23.2 Å². The summed E-state index contributed by atoms with van der Waals surface area (Å²) in [6.45, 7) is 1.87. The highest BCUT2D eigenvalue weighted by atomic mass is 35.5. The molecule has 0 saturated carbocycles. The zero-order valence-corrected chi connectivity index (χ0v) is 10.7. The van der Waals surface area contributed by atoms with Crippen molar-refractivity contribution in [3.05, 3.63) is 33.8 Å². The molecule has 0 aromatic heterocycles. The topological polar surface area (TPSA) is 47.3 Å². The average molecular weight is 263 g/mol. The molecule has 1 unspecified atom stereocenters. The summed E-state index contributed by atoms with van der Waals surface area (Å²) in [5, 5.41) is 4.51. The van der Waals surface area contributed by atoms with Crippen LogP contribution in [0, 0.1) is 0 Å². The van der Waals surface area contributed by atoms with Gasteiger partial charge in [-0.3, -0.25) is 0 Å².